The average molecular weight is 478 g/mol. The Kier molecular flexibility index (Phi) is 6.20. The highest BCUT2D eigenvalue weighted by molar-refractivity contribution is 7.90. The standard InChI is InChI=1S/C23H21F3N2O4S/c24-23(25,26)17-5-4-6-18(15-17)27-11-13-28(14-12-27)22(29)21-10-9-19(32-21)16-33(30,31)20-7-2-1-3-8-20/h1-10,15H,11-14,16H2. The van der Waals surface area contributed by atoms with Crippen molar-refractivity contribution in [3.05, 3.63) is 83.8 Å². The predicted octanol–water partition coefficient (Wildman–Crippen LogP) is 4.23. The topological polar surface area (TPSA) is 70.8 Å². The minimum Gasteiger partial charge on any atom is -0.455 e. The molecule has 1 aliphatic heterocycles. The van der Waals surface area contributed by atoms with Crippen LogP contribution < -0.4 is 4.90 Å². The number of furan rings is 1. The van der Waals surface area contributed by atoms with Gasteiger partial charge in [0.1, 0.15) is 11.5 Å². The molecule has 3 aromatic rings. The van der Waals surface area contributed by atoms with E-state index in [2.05, 4.69) is 0 Å². The van der Waals surface area contributed by atoms with Gasteiger partial charge in [0.25, 0.3) is 5.91 Å². The fraction of sp³-hybridized carbons (Fsp3) is 0.261. The molecule has 174 valence electrons. The van der Waals surface area contributed by atoms with Crippen LogP contribution in [-0.4, -0.2) is 45.4 Å². The van der Waals surface area contributed by atoms with Gasteiger partial charge in [-0.3, -0.25) is 4.79 Å². The van der Waals surface area contributed by atoms with Gasteiger partial charge < -0.3 is 14.2 Å². The highest BCUT2D eigenvalue weighted by Crippen LogP contribution is 2.32. The maximum absolute atomic E-state index is 13.0. The Morgan fingerprint density at radius 3 is 2.27 bits per heavy atom. The second kappa shape index (κ2) is 8.93. The number of anilines is 1. The number of hydrogen-bond donors (Lipinski definition) is 0. The summed E-state index contributed by atoms with van der Waals surface area (Å²) in [5.41, 5.74) is -0.268. The molecule has 1 aromatic heterocycles. The maximum Gasteiger partial charge on any atom is 0.416 e. The first-order valence-corrected chi connectivity index (χ1v) is 11.9. The maximum atomic E-state index is 13.0. The number of rotatable bonds is 5. The molecular weight excluding hydrogens is 457 g/mol. The Balaban J connectivity index is 1.38. The van der Waals surface area contributed by atoms with Crippen molar-refractivity contribution in [3.63, 3.8) is 0 Å². The highest BCUT2D eigenvalue weighted by atomic mass is 32.2. The van der Waals surface area contributed by atoms with E-state index in [9.17, 15) is 26.4 Å². The zero-order valence-corrected chi connectivity index (χ0v) is 18.3. The summed E-state index contributed by atoms with van der Waals surface area (Å²) in [5, 5.41) is 0. The molecule has 0 spiro atoms. The van der Waals surface area contributed by atoms with Crippen LogP contribution in [0.3, 0.4) is 0 Å². The zero-order valence-electron chi connectivity index (χ0n) is 17.5. The first-order valence-electron chi connectivity index (χ1n) is 10.2. The summed E-state index contributed by atoms with van der Waals surface area (Å²) < 4.78 is 69.4. The van der Waals surface area contributed by atoms with E-state index in [-0.39, 0.29) is 28.1 Å². The normalized spacial score (nSPS) is 15.0. The SMILES string of the molecule is O=C(c1ccc(CS(=O)(=O)c2ccccc2)o1)N1CCN(c2cccc(C(F)(F)F)c2)CC1. The van der Waals surface area contributed by atoms with Crippen LogP contribution >= 0.6 is 0 Å². The molecule has 0 saturated carbocycles. The Hall–Kier alpha value is -3.27. The summed E-state index contributed by atoms with van der Waals surface area (Å²) in [6, 6.07) is 16.0. The molecule has 1 saturated heterocycles. The Morgan fingerprint density at radius 1 is 0.909 bits per heavy atom. The summed E-state index contributed by atoms with van der Waals surface area (Å²) in [4.78, 5) is 16.3. The molecule has 1 aliphatic rings. The largest absolute Gasteiger partial charge is 0.455 e. The smallest absolute Gasteiger partial charge is 0.416 e. The van der Waals surface area contributed by atoms with E-state index >= 15 is 0 Å². The van der Waals surface area contributed by atoms with Gasteiger partial charge in [-0.15, -0.1) is 0 Å². The number of benzene rings is 2. The fourth-order valence-corrected chi connectivity index (χ4v) is 4.94. The fourth-order valence-electron chi connectivity index (χ4n) is 3.67. The van der Waals surface area contributed by atoms with Gasteiger partial charge in [0.2, 0.25) is 0 Å². The molecule has 0 bridgehead atoms. The molecular formula is C23H21F3N2O4S. The average Bonchev–Trinajstić information content (AvgIpc) is 3.26. The van der Waals surface area contributed by atoms with Crippen molar-refractivity contribution >= 4 is 21.4 Å². The lowest BCUT2D eigenvalue weighted by Gasteiger charge is -2.36. The quantitative estimate of drug-likeness (QED) is 0.549. The lowest BCUT2D eigenvalue weighted by molar-refractivity contribution is -0.137. The van der Waals surface area contributed by atoms with Crippen molar-refractivity contribution in [2.45, 2.75) is 16.8 Å². The number of halogens is 3. The summed E-state index contributed by atoms with van der Waals surface area (Å²) in [5.74, 6) is -0.569. The molecule has 0 aliphatic carbocycles. The molecule has 2 heterocycles. The van der Waals surface area contributed by atoms with E-state index < -0.39 is 21.6 Å². The van der Waals surface area contributed by atoms with Crippen molar-refractivity contribution in [1.29, 1.82) is 0 Å². The predicted molar refractivity (Wildman–Crippen MR) is 116 cm³/mol. The third kappa shape index (κ3) is 5.22. The van der Waals surface area contributed by atoms with Crippen molar-refractivity contribution in [2.75, 3.05) is 31.1 Å². The first-order chi connectivity index (χ1) is 15.6. The Morgan fingerprint density at radius 2 is 1.61 bits per heavy atom. The van der Waals surface area contributed by atoms with Crippen LogP contribution in [0.5, 0.6) is 0 Å². The van der Waals surface area contributed by atoms with Gasteiger partial charge in [0.15, 0.2) is 15.6 Å². The second-order valence-corrected chi connectivity index (χ2v) is 9.66. The monoisotopic (exact) mass is 478 g/mol. The van der Waals surface area contributed by atoms with Crippen LogP contribution in [0, 0.1) is 0 Å². The van der Waals surface area contributed by atoms with E-state index in [0.29, 0.717) is 31.9 Å². The van der Waals surface area contributed by atoms with Crippen LogP contribution in [0.15, 0.2) is 76.0 Å². The number of amides is 1. The number of carbonyl (C=O) groups is 1. The molecule has 1 fully saturated rings. The van der Waals surface area contributed by atoms with Crippen LogP contribution in [0.25, 0.3) is 0 Å². The highest BCUT2D eigenvalue weighted by Gasteiger charge is 2.31. The molecule has 0 unspecified atom stereocenters. The lowest BCUT2D eigenvalue weighted by atomic mass is 10.1. The number of piperazine rings is 1. The van der Waals surface area contributed by atoms with Gasteiger partial charge in [-0.05, 0) is 42.5 Å². The molecule has 10 heteroatoms. The van der Waals surface area contributed by atoms with Crippen LogP contribution in [-0.2, 0) is 21.8 Å². The summed E-state index contributed by atoms with van der Waals surface area (Å²) >= 11 is 0. The number of alkyl halides is 3. The van der Waals surface area contributed by atoms with Crippen molar-refractivity contribution in [3.8, 4) is 0 Å². The Bertz CT molecular complexity index is 1230. The lowest BCUT2D eigenvalue weighted by Crippen LogP contribution is -2.48. The van der Waals surface area contributed by atoms with E-state index in [1.807, 2.05) is 0 Å². The number of sulfone groups is 1. The van der Waals surface area contributed by atoms with Crippen molar-refractivity contribution < 1.29 is 30.8 Å². The van der Waals surface area contributed by atoms with Crippen LogP contribution in [0.4, 0.5) is 18.9 Å². The third-order valence-electron chi connectivity index (χ3n) is 5.41. The van der Waals surface area contributed by atoms with Crippen molar-refractivity contribution in [2.24, 2.45) is 0 Å². The molecule has 0 atom stereocenters. The first kappa shape index (κ1) is 22.9. The molecule has 33 heavy (non-hydrogen) atoms. The number of hydrogen-bond acceptors (Lipinski definition) is 5. The van der Waals surface area contributed by atoms with E-state index in [1.54, 1.807) is 34.1 Å². The number of nitrogens with zero attached hydrogens (tertiary/aromatic N) is 2. The minimum absolute atomic E-state index is 0.0285. The second-order valence-electron chi connectivity index (χ2n) is 7.67. The number of carbonyl (C=O) groups excluding carboxylic acids is 1. The zero-order chi connectivity index (χ0) is 23.6. The van der Waals surface area contributed by atoms with Gasteiger partial charge in [-0.1, -0.05) is 24.3 Å². The molecule has 4 rings (SSSR count). The van der Waals surface area contributed by atoms with E-state index in [4.69, 9.17) is 4.42 Å². The van der Waals surface area contributed by atoms with Gasteiger partial charge in [-0.25, -0.2) is 8.42 Å². The van der Waals surface area contributed by atoms with Gasteiger partial charge in [0, 0.05) is 31.9 Å². The van der Waals surface area contributed by atoms with Crippen LogP contribution in [0.1, 0.15) is 21.9 Å². The molecule has 0 N–H and O–H groups in total. The minimum atomic E-state index is -4.42. The van der Waals surface area contributed by atoms with Crippen LogP contribution in [0.2, 0.25) is 0 Å². The molecule has 2 aromatic carbocycles. The summed E-state index contributed by atoms with van der Waals surface area (Å²) in [7, 11) is -3.61. The van der Waals surface area contributed by atoms with Crippen molar-refractivity contribution in [1.82, 2.24) is 4.90 Å². The molecule has 1 amide bonds. The van der Waals surface area contributed by atoms with E-state index in [0.717, 1.165) is 12.1 Å². The summed E-state index contributed by atoms with van der Waals surface area (Å²) in [6.45, 7) is 1.33. The van der Waals surface area contributed by atoms with Gasteiger partial charge in [-0.2, -0.15) is 13.2 Å². The van der Waals surface area contributed by atoms with Gasteiger partial charge in [0.05, 0.1) is 10.5 Å². The van der Waals surface area contributed by atoms with Gasteiger partial charge >= 0.3 is 6.18 Å². The molecule has 6 nitrogen and oxygen atoms in total. The Labute approximate surface area is 189 Å². The van der Waals surface area contributed by atoms with E-state index in [1.165, 1.54) is 30.3 Å². The molecule has 0 radical (unpaired) electrons. The third-order valence-corrected chi connectivity index (χ3v) is 7.07. The summed E-state index contributed by atoms with van der Waals surface area (Å²) in [6.07, 6.45) is -4.42.